The summed E-state index contributed by atoms with van der Waals surface area (Å²) < 4.78 is 5.67. The second-order valence-electron chi connectivity index (χ2n) is 7.89. The molecule has 1 N–H and O–H groups in total. The van der Waals surface area contributed by atoms with E-state index in [1.165, 1.54) is 11.8 Å². The summed E-state index contributed by atoms with van der Waals surface area (Å²) >= 11 is 0. The van der Waals surface area contributed by atoms with Crippen LogP contribution in [-0.2, 0) is 19.1 Å². The Morgan fingerprint density at radius 3 is 2.41 bits per heavy atom. The maximum Gasteiger partial charge on any atom is 0.277 e. The highest BCUT2D eigenvalue weighted by Crippen LogP contribution is 2.34. The first-order chi connectivity index (χ1) is 14.0. The van der Waals surface area contributed by atoms with Crippen molar-refractivity contribution in [2.45, 2.75) is 45.1 Å². The Morgan fingerprint density at radius 2 is 1.79 bits per heavy atom. The van der Waals surface area contributed by atoms with Gasteiger partial charge in [-0.3, -0.25) is 19.3 Å². The quantitative estimate of drug-likeness (QED) is 0.772. The van der Waals surface area contributed by atoms with E-state index in [9.17, 15) is 14.4 Å². The van der Waals surface area contributed by atoms with Crippen molar-refractivity contribution in [1.82, 2.24) is 9.80 Å². The van der Waals surface area contributed by atoms with E-state index in [1.54, 1.807) is 24.3 Å². The van der Waals surface area contributed by atoms with E-state index in [0.29, 0.717) is 35.7 Å². The van der Waals surface area contributed by atoms with Gasteiger partial charge in [-0.1, -0.05) is 12.1 Å². The van der Waals surface area contributed by atoms with Gasteiger partial charge in [-0.25, -0.2) is 0 Å². The number of likely N-dealkylation sites (tertiary alicyclic amines) is 1. The lowest BCUT2D eigenvalue weighted by Crippen LogP contribution is -2.40. The molecule has 1 aromatic carbocycles. The molecule has 29 heavy (non-hydrogen) atoms. The molecule has 3 aliphatic rings. The van der Waals surface area contributed by atoms with E-state index < -0.39 is 0 Å². The molecule has 154 valence electrons. The van der Waals surface area contributed by atoms with Crippen LogP contribution in [0.15, 0.2) is 30.0 Å². The third-order valence-corrected chi connectivity index (χ3v) is 5.72. The Balaban J connectivity index is 1.66. The SMILES string of the molecule is CC(=O)Nc1ccc(C2=C(N3CCCCC3)C(=O)N(CC3CCCO3)C2=O)cc1. The Hall–Kier alpha value is -2.67. The lowest BCUT2D eigenvalue weighted by molar-refractivity contribution is -0.139. The number of anilines is 1. The topological polar surface area (TPSA) is 79.0 Å². The van der Waals surface area contributed by atoms with Crippen LogP contribution < -0.4 is 5.32 Å². The number of rotatable bonds is 5. The molecule has 0 bridgehead atoms. The minimum atomic E-state index is -0.252. The minimum Gasteiger partial charge on any atom is -0.376 e. The summed E-state index contributed by atoms with van der Waals surface area (Å²) in [5.74, 6) is -0.618. The summed E-state index contributed by atoms with van der Waals surface area (Å²) in [6, 6.07) is 7.12. The number of nitrogens with one attached hydrogen (secondary N) is 1. The van der Waals surface area contributed by atoms with Gasteiger partial charge in [0, 0.05) is 32.3 Å². The first-order valence-corrected chi connectivity index (χ1v) is 10.4. The fourth-order valence-electron chi connectivity index (χ4n) is 4.32. The number of nitrogens with zero attached hydrogens (tertiary/aromatic N) is 2. The molecular formula is C22H27N3O4. The number of carbonyl (C=O) groups is 3. The Kier molecular flexibility index (Phi) is 5.67. The van der Waals surface area contributed by atoms with Crippen molar-refractivity contribution < 1.29 is 19.1 Å². The van der Waals surface area contributed by atoms with E-state index >= 15 is 0 Å². The molecule has 0 aliphatic carbocycles. The fraction of sp³-hybridized carbons (Fsp3) is 0.500. The first-order valence-electron chi connectivity index (χ1n) is 10.4. The largest absolute Gasteiger partial charge is 0.376 e. The standard InChI is InChI=1S/C22H27N3O4/c1-15(26)23-17-9-7-16(8-10-17)19-20(24-11-3-2-4-12-24)22(28)25(21(19)27)14-18-6-5-13-29-18/h7-10,18H,2-6,11-14H2,1H3,(H,23,26). The van der Waals surface area contributed by atoms with Gasteiger partial charge in [-0.15, -0.1) is 0 Å². The average Bonchev–Trinajstić information content (AvgIpc) is 3.31. The van der Waals surface area contributed by atoms with Crippen molar-refractivity contribution in [3.8, 4) is 0 Å². The molecule has 7 heteroatoms. The van der Waals surface area contributed by atoms with Crippen LogP contribution in [0.2, 0.25) is 0 Å². The van der Waals surface area contributed by atoms with Gasteiger partial charge in [-0.2, -0.15) is 0 Å². The summed E-state index contributed by atoms with van der Waals surface area (Å²) in [6.07, 6.45) is 4.94. The molecular weight excluding hydrogens is 370 g/mol. The third kappa shape index (κ3) is 4.05. The number of piperidine rings is 1. The smallest absolute Gasteiger partial charge is 0.277 e. The molecule has 7 nitrogen and oxygen atoms in total. The third-order valence-electron chi connectivity index (χ3n) is 5.72. The number of carbonyl (C=O) groups excluding carboxylic acids is 3. The van der Waals surface area contributed by atoms with Gasteiger partial charge in [0.15, 0.2) is 0 Å². The van der Waals surface area contributed by atoms with E-state index in [2.05, 4.69) is 10.2 Å². The van der Waals surface area contributed by atoms with Crippen LogP contribution in [0.1, 0.15) is 44.6 Å². The predicted octanol–water partition coefficient (Wildman–Crippen LogP) is 2.39. The predicted molar refractivity (Wildman–Crippen MR) is 109 cm³/mol. The molecule has 3 heterocycles. The van der Waals surface area contributed by atoms with Gasteiger partial charge < -0.3 is 15.0 Å². The van der Waals surface area contributed by atoms with Crippen LogP contribution in [0.3, 0.4) is 0 Å². The van der Waals surface area contributed by atoms with Crippen molar-refractivity contribution in [3.05, 3.63) is 35.5 Å². The number of benzene rings is 1. The van der Waals surface area contributed by atoms with Gasteiger partial charge in [0.05, 0.1) is 18.2 Å². The molecule has 2 saturated heterocycles. The van der Waals surface area contributed by atoms with E-state index in [0.717, 1.165) is 45.2 Å². The van der Waals surface area contributed by atoms with Crippen molar-refractivity contribution >= 4 is 29.0 Å². The fourth-order valence-corrected chi connectivity index (χ4v) is 4.32. The van der Waals surface area contributed by atoms with Crippen LogP contribution in [-0.4, -0.2) is 59.9 Å². The van der Waals surface area contributed by atoms with Crippen molar-refractivity contribution in [3.63, 3.8) is 0 Å². The number of imide groups is 1. The number of amides is 3. The van der Waals surface area contributed by atoms with E-state index in [-0.39, 0.29) is 23.8 Å². The summed E-state index contributed by atoms with van der Waals surface area (Å²) in [5, 5.41) is 2.73. The van der Waals surface area contributed by atoms with Gasteiger partial charge in [-0.05, 0) is 49.8 Å². The molecule has 1 atom stereocenters. The van der Waals surface area contributed by atoms with Gasteiger partial charge in [0.2, 0.25) is 5.91 Å². The Labute approximate surface area is 170 Å². The number of hydrogen-bond acceptors (Lipinski definition) is 5. The van der Waals surface area contributed by atoms with Crippen molar-refractivity contribution in [2.24, 2.45) is 0 Å². The van der Waals surface area contributed by atoms with Crippen molar-refractivity contribution in [2.75, 3.05) is 31.6 Å². The normalized spacial score (nSPS) is 22.6. The summed E-state index contributed by atoms with van der Waals surface area (Å²) in [4.78, 5) is 41.3. The highest BCUT2D eigenvalue weighted by atomic mass is 16.5. The molecule has 3 amide bonds. The molecule has 0 aromatic heterocycles. The lowest BCUT2D eigenvalue weighted by Gasteiger charge is -2.30. The second kappa shape index (κ2) is 8.37. The summed E-state index contributed by atoms with van der Waals surface area (Å²) in [7, 11) is 0. The summed E-state index contributed by atoms with van der Waals surface area (Å²) in [6.45, 7) is 4.02. The van der Waals surface area contributed by atoms with E-state index in [1.807, 2.05) is 0 Å². The minimum absolute atomic E-state index is 0.0769. The van der Waals surface area contributed by atoms with Crippen LogP contribution in [0, 0.1) is 0 Å². The zero-order valence-corrected chi connectivity index (χ0v) is 16.8. The lowest BCUT2D eigenvalue weighted by atomic mass is 10.0. The molecule has 2 fully saturated rings. The van der Waals surface area contributed by atoms with E-state index in [4.69, 9.17) is 4.74 Å². The van der Waals surface area contributed by atoms with Crippen molar-refractivity contribution in [1.29, 1.82) is 0 Å². The maximum absolute atomic E-state index is 13.3. The molecule has 1 aromatic rings. The highest BCUT2D eigenvalue weighted by Gasteiger charge is 2.42. The molecule has 3 aliphatic heterocycles. The van der Waals surface area contributed by atoms with Gasteiger partial charge in [0.25, 0.3) is 11.8 Å². The first kappa shape index (κ1) is 19.6. The van der Waals surface area contributed by atoms with Crippen LogP contribution in [0.4, 0.5) is 5.69 Å². The van der Waals surface area contributed by atoms with Crippen LogP contribution in [0.25, 0.3) is 5.57 Å². The number of hydrogen-bond donors (Lipinski definition) is 1. The van der Waals surface area contributed by atoms with Gasteiger partial charge >= 0.3 is 0 Å². The highest BCUT2D eigenvalue weighted by molar-refractivity contribution is 6.35. The Bertz CT molecular complexity index is 834. The molecule has 0 radical (unpaired) electrons. The molecule has 1 unspecified atom stereocenters. The zero-order chi connectivity index (χ0) is 20.4. The Morgan fingerprint density at radius 1 is 1.07 bits per heavy atom. The van der Waals surface area contributed by atoms with Crippen LogP contribution in [0.5, 0.6) is 0 Å². The number of ether oxygens (including phenoxy) is 1. The summed E-state index contributed by atoms with van der Waals surface area (Å²) in [5.41, 5.74) is 2.34. The molecule has 0 saturated carbocycles. The maximum atomic E-state index is 13.3. The molecule has 0 spiro atoms. The van der Waals surface area contributed by atoms with Gasteiger partial charge in [0.1, 0.15) is 5.70 Å². The van der Waals surface area contributed by atoms with Crippen LogP contribution >= 0.6 is 0 Å². The average molecular weight is 397 g/mol. The second-order valence-corrected chi connectivity index (χ2v) is 7.89. The monoisotopic (exact) mass is 397 g/mol. The molecule has 4 rings (SSSR count). The zero-order valence-electron chi connectivity index (χ0n) is 16.8.